The maximum absolute atomic E-state index is 7.21. The summed E-state index contributed by atoms with van der Waals surface area (Å²) in [6, 6.07) is 63.7. The number of para-hydroxylation sites is 4. The van der Waals surface area contributed by atoms with Gasteiger partial charge in [0.25, 0.3) is 0 Å². The third-order valence-electron chi connectivity index (χ3n) is 14.4. The van der Waals surface area contributed by atoms with E-state index in [1.165, 1.54) is 32.5 Å². The van der Waals surface area contributed by atoms with Gasteiger partial charge in [0.1, 0.15) is 22.3 Å². The molecule has 0 saturated carbocycles. The van der Waals surface area contributed by atoms with Crippen molar-refractivity contribution in [1.29, 1.82) is 0 Å². The summed E-state index contributed by atoms with van der Waals surface area (Å²) in [4.78, 5) is 2.51. The summed E-state index contributed by atoms with van der Waals surface area (Å²) in [6.07, 6.45) is -2.52. The van der Waals surface area contributed by atoms with Gasteiger partial charge < -0.3 is 13.7 Å². The molecule has 2 unspecified atom stereocenters. The van der Waals surface area contributed by atoms with Crippen LogP contribution < -0.4 is 26.1 Å². The predicted octanol–water partition coefficient (Wildman–Crippen LogP) is 15.3. The molecule has 8 heteroatoms. The van der Waals surface area contributed by atoms with E-state index in [4.69, 9.17) is 32.4 Å². The van der Waals surface area contributed by atoms with Crippen LogP contribution in [0.3, 0.4) is 0 Å². The van der Waals surface area contributed by atoms with Crippen LogP contribution in [0.2, 0.25) is 0 Å². The summed E-state index contributed by atoms with van der Waals surface area (Å²) in [5, 5.41) is 9.51. The van der Waals surface area contributed by atoms with Gasteiger partial charge >= 0.3 is 0 Å². The fourth-order valence-electron chi connectivity index (χ4n) is 11.1. The Kier molecular flexibility index (Phi) is 9.58. The fourth-order valence-corrected chi connectivity index (χ4v) is 19.3. The SMILES string of the molecule is CCN(CC)P1(=S)c2cc(-c3ccc(-c4cccc5c4oc4ccccc45)cc3)ccc2N2c3ccc(-c4ccc(-c5cccc6c5oc5ccccc56)cc4)cc3P(C)(=S)c3cc(C)cc1c32. The largest absolute Gasteiger partial charge is 0.455 e. The van der Waals surface area contributed by atoms with Crippen LogP contribution in [0.4, 0.5) is 17.1 Å². The lowest BCUT2D eigenvalue weighted by molar-refractivity contribution is 0.513. The number of furan rings is 2. The van der Waals surface area contributed by atoms with Gasteiger partial charge in [-0.05, 0) is 101 Å². The molecule has 4 heterocycles. The number of anilines is 3. The summed E-state index contributed by atoms with van der Waals surface area (Å²) in [6.45, 7) is 10.8. The highest BCUT2D eigenvalue weighted by Gasteiger charge is 2.46. The Labute approximate surface area is 406 Å². The van der Waals surface area contributed by atoms with E-state index in [1.807, 2.05) is 24.3 Å². The van der Waals surface area contributed by atoms with Crippen LogP contribution in [0.15, 0.2) is 191 Å². The fraction of sp³-hybridized carbons (Fsp3) is 0.100. The average Bonchev–Trinajstić information content (AvgIpc) is 3.96. The van der Waals surface area contributed by atoms with Gasteiger partial charge in [-0.1, -0.05) is 171 Å². The van der Waals surface area contributed by atoms with Crippen molar-refractivity contribution < 1.29 is 8.83 Å². The summed E-state index contributed by atoms with van der Waals surface area (Å²) in [7, 11) is 0. The van der Waals surface area contributed by atoms with Crippen molar-refractivity contribution in [2.45, 2.75) is 20.8 Å². The van der Waals surface area contributed by atoms with E-state index < -0.39 is 12.2 Å². The van der Waals surface area contributed by atoms with Crippen LogP contribution in [0, 0.1) is 6.92 Å². The van der Waals surface area contributed by atoms with Crippen LogP contribution in [0.5, 0.6) is 0 Å². The number of fused-ring (bicyclic) bond motifs is 10. The number of aryl methyl sites for hydroxylation is 1. The maximum Gasteiger partial charge on any atom is 0.143 e. The van der Waals surface area contributed by atoms with E-state index in [0.29, 0.717) is 0 Å². The topological polar surface area (TPSA) is 32.8 Å². The highest BCUT2D eigenvalue weighted by atomic mass is 32.4. The molecule has 330 valence electrons. The molecule has 2 atom stereocenters. The molecule has 2 aliphatic heterocycles. The van der Waals surface area contributed by atoms with Crippen molar-refractivity contribution >= 4 is 118 Å². The Morgan fingerprint density at radius 3 is 1.43 bits per heavy atom. The van der Waals surface area contributed by atoms with Crippen molar-refractivity contribution in [1.82, 2.24) is 4.67 Å². The Balaban J connectivity index is 0.921. The van der Waals surface area contributed by atoms with Crippen LogP contribution >= 0.6 is 12.2 Å². The van der Waals surface area contributed by atoms with Crippen LogP contribution in [-0.2, 0) is 23.6 Å². The minimum atomic E-state index is -2.52. The summed E-state index contributed by atoms with van der Waals surface area (Å²) in [5.74, 6) is 0. The van der Waals surface area contributed by atoms with E-state index in [-0.39, 0.29) is 0 Å². The normalized spacial score (nSPS) is 17.3. The van der Waals surface area contributed by atoms with E-state index in [9.17, 15) is 0 Å². The molecule has 0 radical (unpaired) electrons. The van der Waals surface area contributed by atoms with Crippen molar-refractivity contribution in [3.63, 3.8) is 0 Å². The molecule has 0 bridgehead atoms. The maximum atomic E-state index is 7.21. The zero-order valence-electron chi connectivity index (χ0n) is 38.2. The molecule has 2 aromatic heterocycles. The molecule has 0 N–H and O–H groups in total. The molecule has 0 amide bonds. The van der Waals surface area contributed by atoms with E-state index in [1.54, 1.807) is 0 Å². The molecule has 0 fully saturated rings. The van der Waals surface area contributed by atoms with Crippen LogP contribution in [0.25, 0.3) is 88.4 Å². The Morgan fingerprint density at radius 2 is 0.897 bits per heavy atom. The lowest BCUT2D eigenvalue weighted by Gasteiger charge is -2.48. The molecule has 0 aliphatic carbocycles. The summed E-state index contributed by atoms with van der Waals surface area (Å²) in [5.41, 5.74) is 17.4. The second-order valence-corrected chi connectivity index (χ2v) is 27.5. The third kappa shape index (κ3) is 6.08. The number of hydrogen-bond donors (Lipinski definition) is 0. The Morgan fingerprint density at radius 1 is 0.456 bits per heavy atom. The first-order chi connectivity index (χ1) is 33.1. The molecule has 9 aromatic carbocycles. The molecular formula is C60H46N2O2P2S2. The van der Waals surface area contributed by atoms with Gasteiger partial charge in [-0.2, -0.15) is 0 Å². The Bertz CT molecular complexity index is 4000. The first-order valence-corrected chi connectivity index (χ1v) is 29.4. The minimum absolute atomic E-state index is 0.856. The molecule has 0 saturated heterocycles. The lowest BCUT2D eigenvalue weighted by atomic mass is 9.98. The van der Waals surface area contributed by atoms with Gasteiger partial charge in [-0.25, -0.2) is 0 Å². The van der Waals surface area contributed by atoms with Gasteiger partial charge in [-0.3, -0.25) is 4.67 Å². The van der Waals surface area contributed by atoms with E-state index in [2.05, 4.69) is 195 Å². The van der Waals surface area contributed by atoms with Gasteiger partial charge in [0.2, 0.25) is 0 Å². The van der Waals surface area contributed by atoms with Crippen LogP contribution in [0.1, 0.15) is 19.4 Å². The molecule has 13 rings (SSSR count). The second-order valence-electron chi connectivity index (χ2n) is 18.2. The standard InChI is InChI=1S/C60H46N2O2P2S2/c1-5-61(6-2)66(68)55-36-43(39-23-27-41(28-24-39)45-16-12-18-49-47-14-8-10-20-53(47)64-60(45)49)30-32-51(55)62-50-31-29-42(35-54(50)65(4,67)56-33-37(3)34-57(66)58(56)62)38-21-25-40(26-22-38)44-15-11-17-48-46-13-7-9-19-52(46)63-59(44)48/h7-36H,5-6H2,1-4H3. The highest BCUT2D eigenvalue weighted by molar-refractivity contribution is 8.22. The van der Waals surface area contributed by atoms with Crippen molar-refractivity contribution in [3.05, 3.63) is 188 Å². The predicted molar refractivity (Wildman–Crippen MR) is 298 cm³/mol. The van der Waals surface area contributed by atoms with Crippen LogP contribution in [-0.4, -0.2) is 24.4 Å². The average molecular weight is 953 g/mol. The number of hydrogen-bond acceptors (Lipinski definition) is 5. The Hall–Kier alpha value is -6.36. The highest BCUT2D eigenvalue weighted by Crippen LogP contribution is 2.62. The lowest BCUT2D eigenvalue weighted by Crippen LogP contribution is -2.46. The van der Waals surface area contributed by atoms with Gasteiger partial charge in [0.15, 0.2) is 0 Å². The molecule has 4 nitrogen and oxygen atoms in total. The van der Waals surface area contributed by atoms with Gasteiger partial charge in [0.05, 0.1) is 23.3 Å². The molecule has 11 aromatic rings. The van der Waals surface area contributed by atoms with E-state index >= 15 is 0 Å². The van der Waals surface area contributed by atoms with Crippen molar-refractivity contribution in [2.75, 3.05) is 24.7 Å². The molecule has 2 aliphatic rings. The first kappa shape index (κ1) is 41.8. The number of benzene rings is 9. The van der Waals surface area contributed by atoms with Crippen molar-refractivity contribution in [2.24, 2.45) is 0 Å². The smallest absolute Gasteiger partial charge is 0.143 e. The number of rotatable bonds is 7. The minimum Gasteiger partial charge on any atom is -0.455 e. The summed E-state index contributed by atoms with van der Waals surface area (Å²) >= 11 is 14.1. The van der Waals surface area contributed by atoms with Crippen molar-refractivity contribution in [3.8, 4) is 44.5 Å². The molecule has 68 heavy (non-hydrogen) atoms. The van der Waals surface area contributed by atoms with E-state index in [0.717, 1.165) is 113 Å². The molecular weight excluding hydrogens is 907 g/mol. The second kappa shape index (κ2) is 15.6. The third-order valence-corrected chi connectivity index (χ3v) is 23.4. The monoisotopic (exact) mass is 952 g/mol. The quantitative estimate of drug-likeness (QED) is 0.148. The van der Waals surface area contributed by atoms with Gasteiger partial charge in [0, 0.05) is 73.0 Å². The number of nitrogens with zero attached hydrogens (tertiary/aromatic N) is 2. The summed E-state index contributed by atoms with van der Waals surface area (Å²) < 4.78 is 15.4. The molecule has 0 spiro atoms. The first-order valence-electron chi connectivity index (χ1n) is 23.4. The zero-order valence-corrected chi connectivity index (χ0v) is 41.6. The van der Waals surface area contributed by atoms with Gasteiger partial charge in [-0.15, -0.1) is 0 Å². The zero-order chi connectivity index (χ0) is 46.1.